The molecule has 0 radical (unpaired) electrons. The minimum absolute atomic E-state index is 0.0309. The summed E-state index contributed by atoms with van der Waals surface area (Å²) in [6.07, 6.45) is 5.50. The minimum atomic E-state index is -0.0309. The highest BCUT2D eigenvalue weighted by Crippen LogP contribution is 2.14. The fraction of sp³-hybridized carbons (Fsp3) is 0.450. The Morgan fingerprint density at radius 1 is 1.20 bits per heavy atom. The third-order valence-electron chi connectivity index (χ3n) is 4.97. The Balaban J connectivity index is 1.68. The number of carbonyl (C=O) groups is 1. The van der Waals surface area contributed by atoms with E-state index in [1.54, 1.807) is 6.26 Å². The topological polar surface area (TPSA) is 49.9 Å². The van der Waals surface area contributed by atoms with Gasteiger partial charge in [-0.05, 0) is 49.6 Å². The first kappa shape index (κ1) is 17.5. The number of piperidine rings is 1. The maximum Gasteiger partial charge on any atom is 0.251 e. The smallest absolute Gasteiger partial charge is 0.251 e. The number of rotatable bonds is 6. The first-order valence-electron chi connectivity index (χ1n) is 9.08. The zero-order valence-corrected chi connectivity index (χ0v) is 15.1. The summed E-state index contributed by atoms with van der Waals surface area (Å²) in [4.78, 5) is 16.1. The second kappa shape index (κ2) is 8.21. The molecule has 2 heterocycles. The molecule has 1 aliphatic heterocycles. The van der Waals surface area contributed by atoms with Gasteiger partial charge >= 0.3 is 0 Å². The number of likely N-dealkylation sites (tertiary alicyclic amines) is 1. The lowest BCUT2D eigenvalue weighted by atomic mass is 10.1. The molecular weight excluding hydrogens is 314 g/mol. The molecule has 1 fully saturated rings. The molecule has 0 aliphatic carbocycles. The summed E-state index contributed by atoms with van der Waals surface area (Å²) in [6, 6.07) is 11.8. The van der Waals surface area contributed by atoms with Crippen LogP contribution in [0.25, 0.3) is 0 Å². The highest BCUT2D eigenvalue weighted by atomic mass is 16.3. The summed E-state index contributed by atoms with van der Waals surface area (Å²) < 4.78 is 5.66. The Morgan fingerprint density at radius 2 is 2.00 bits per heavy atom. The molecule has 3 rings (SSSR count). The number of benzene rings is 1. The van der Waals surface area contributed by atoms with E-state index in [4.69, 9.17) is 4.42 Å². The fourth-order valence-electron chi connectivity index (χ4n) is 3.51. The van der Waals surface area contributed by atoms with E-state index in [-0.39, 0.29) is 11.9 Å². The number of quaternary nitrogens is 1. The molecule has 0 saturated carbocycles. The summed E-state index contributed by atoms with van der Waals surface area (Å²) in [5, 5.41) is 3.11. The standard InChI is InChI=1S/C20H27N3O2/c1-22(2)17-9-6-8-16(14-17)20(24)21-15-18(19-10-7-13-25-19)23-11-4-3-5-12-23/h6-10,13-14,18H,3-5,11-12,15H2,1-2H3,(H,21,24)/p+1/t18-/m1/s1. The molecule has 0 unspecified atom stereocenters. The van der Waals surface area contributed by atoms with Crippen LogP contribution in [0.1, 0.15) is 41.4 Å². The number of amides is 1. The predicted molar refractivity (Wildman–Crippen MR) is 99.1 cm³/mol. The van der Waals surface area contributed by atoms with Gasteiger partial charge in [0.05, 0.1) is 25.9 Å². The first-order valence-corrected chi connectivity index (χ1v) is 9.08. The van der Waals surface area contributed by atoms with Crippen LogP contribution in [-0.2, 0) is 0 Å². The van der Waals surface area contributed by atoms with Gasteiger partial charge in [0, 0.05) is 25.3 Å². The van der Waals surface area contributed by atoms with Crippen LogP contribution in [0.5, 0.6) is 0 Å². The number of anilines is 1. The SMILES string of the molecule is CN(C)c1cccc(C(=O)NC[C@H](c2ccco2)[NH+]2CCCCC2)c1. The van der Waals surface area contributed by atoms with Crippen molar-refractivity contribution in [3.63, 3.8) is 0 Å². The minimum Gasteiger partial charge on any atom is -0.463 e. The van der Waals surface area contributed by atoms with E-state index in [1.165, 1.54) is 24.2 Å². The predicted octanol–water partition coefficient (Wildman–Crippen LogP) is 1.89. The number of nitrogens with zero attached hydrogens (tertiary/aromatic N) is 1. The maximum atomic E-state index is 12.6. The molecule has 1 aliphatic rings. The van der Waals surface area contributed by atoms with Crippen molar-refractivity contribution in [2.45, 2.75) is 25.3 Å². The van der Waals surface area contributed by atoms with Gasteiger partial charge in [0.2, 0.25) is 0 Å². The molecule has 0 bridgehead atoms. The quantitative estimate of drug-likeness (QED) is 0.843. The van der Waals surface area contributed by atoms with Gasteiger partial charge in [0.25, 0.3) is 5.91 Å². The Morgan fingerprint density at radius 3 is 2.68 bits per heavy atom. The van der Waals surface area contributed by atoms with Crippen LogP contribution >= 0.6 is 0 Å². The number of carbonyl (C=O) groups excluding carboxylic acids is 1. The molecule has 1 aromatic carbocycles. The molecule has 1 aromatic heterocycles. The van der Waals surface area contributed by atoms with E-state index < -0.39 is 0 Å². The summed E-state index contributed by atoms with van der Waals surface area (Å²) >= 11 is 0. The van der Waals surface area contributed by atoms with E-state index in [9.17, 15) is 4.79 Å². The summed E-state index contributed by atoms with van der Waals surface area (Å²) in [6.45, 7) is 2.86. The van der Waals surface area contributed by atoms with Crippen molar-refractivity contribution in [1.29, 1.82) is 0 Å². The van der Waals surface area contributed by atoms with Crippen LogP contribution in [0.3, 0.4) is 0 Å². The van der Waals surface area contributed by atoms with Crippen molar-refractivity contribution in [1.82, 2.24) is 5.32 Å². The van der Waals surface area contributed by atoms with Crippen LogP contribution in [0.2, 0.25) is 0 Å². The van der Waals surface area contributed by atoms with Crippen molar-refractivity contribution in [2.75, 3.05) is 38.6 Å². The van der Waals surface area contributed by atoms with Crippen LogP contribution in [0.4, 0.5) is 5.69 Å². The normalized spacial score (nSPS) is 16.4. The number of hydrogen-bond acceptors (Lipinski definition) is 3. The van der Waals surface area contributed by atoms with Gasteiger partial charge in [-0.25, -0.2) is 0 Å². The van der Waals surface area contributed by atoms with Crippen molar-refractivity contribution >= 4 is 11.6 Å². The molecule has 25 heavy (non-hydrogen) atoms. The lowest BCUT2D eigenvalue weighted by Gasteiger charge is -2.30. The number of nitrogens with one attached hydrogen (secondary N) is 2. The molecule has 0 spiro atoms. The highest BCUT2D eigenvalue weighted by molar-refractivity contribution is 5.95. The highest BCUT2D eigenvalue weighted by Gasteiger charge is 2.28. The van der Waals surface area contributed by atoms with Crippen molar-refractivity contribution in [3.05, 3.63) is 54.0 Å². The van der Waals surface area contributed by atoms with Gasteiger partial charge in [0.1, 0.15) is 0 Å². The molecular formula is C20H28N3O2+. The Kier molecular flexibility index (Phi) is 5.76. The third kappa shape index (κ3) is 4.42. The van der Waals surface area contributed by atoms with E-state index in [0.29, 0.717) is 12.1 Å². The third-order valence-corrected chi connectivity index (χ3v) is 4.97. The van der Waals surface area contributed by atoms with Crippen LogP contribution in [-0.4, -0.2) is 39.6 Å². The molecule has 2 N–H and O–H groups in total. The molecule has 5 nitrogen and oxygen atoms in total. The maximum absolute atomic E-state index is 12.6. The van der Waals surface area contributed by atoms with Crippen molar-refractivity contribution in [2.24, 2.45) is 0 Å². The lowest BCUT2D eigenvalue weighted by molar-refractivity contribution is -0.936. The lowest BCUT2D eigenvalue weighted by Crippen LogP contribution is -3.13. The average Bonchev–Trinajstić information content (AvgIpc) is 3.17. The fourth-order valence-corrected chi connectivity index (χ4v) is 3.51. The molecule has 1 atom stereocenters. The van der Waals surface area contributed by atoms with E-state index in [2.05, 4.69) is 5.32 Å². The Labute approximate surface area is 149 Å². The first-order chi connectivity index (χ1) is 12.1. The number of hydrogen-bond donors (Lipinski definition) is 2. The van der Waals surface area contributed by atoms with E-state index >= 15 is 0 Å². The summed E-state index contributed by atoms with van der Waals surface area (Å²) in [5.41, 5.74) is 1.72. The van der Waals surface area contributed by atoms with E-state index in [1.807, 2.05) is 55.4 Å². The Hall–Kier alpha value is -2.27. The van der Waals surface area contributed by atoms with Crippen molar-refractivity contribution in [3.8, 4) is 0 Å². The number of furan rings is 1. The monoisotopic (exact) mass is 342 g/mol. The van der Waals surface area contributed by atoms with Gasteiger partial charge in [0.15, 0.2) is 11.8 Å². The average molecular weight is 342 g/mol. The van der Waals surface area contributed by atoms with Gasteiger partial charge in [-0.2, -0.15) is 0 Å². The van der Waals surface area contributed by atoms with Gasteiger partial charge in [-0.1, -0.05) is 6.07 Å². The molecule has 1 saturated heterocycles. The van der Waals surface area contributed by atoms with Crippen LogP contribution in [0, 0.1) is 0 Å². The molecule has 1 amide bonds. The summed E-state index contributed by atoms with van der Waals surface area (Å²) in [5.74, 6) is 0.927. The summed E-state index contributed by atoms with van der Waals surface area (Å²) in [7, 11) is 3.95. The van der Waals surface area contributed by atoms with Gasteiger partial charge in [-0.15, -0.1) is 0 Å². The molecule has 2 aromatic rings. The van der Waals surface area contributed by atoms with Gasteiger partial charge < -0.3 is 19.5 Å². The second-order valence-electron chi connectivity index (χ2n) is 6.94. The Bertz CT molecular complexity index is 676. The zero-order chi connectivity index (χ0) is 17.6. The second-order valence-corrected chi connectivity index (χ2v) is 6.94. The largest absolute Gasteiger partial charge is 0.463 e. The van der Waals surface area contributed by atoms with Gasteiger partial charge in [-0.3, -0.25) is 4.79 Å². The van der Waals surface area contributed by atoms with E-state index in [0.717, 1.165) is 24.5 Å². The van der Waals surface area contributed by atoms with Crippen molar-refractivity contribution < 1.29 is 14.1 Å². The molecule has 5 heteroatoms. The molecule has 134 valence electrons. The van der Waals surface area contributed by atoms with Crippen LogP contribution < -0.4 is 15.1 Å². The zero-order valence-electron chi connectivity index (χ0n) is 15.1. The van der Waals surface area contributed by atoms with Crippen LogP contribution in [0.15, 0.2) is 47.1 Å².